The first kappa shape index (κ1) is 9.20. The van der Waals surface area contributed by atoms with Crippen LogP contribution in [0.15, 0.2) is 4.36 Å². The Kier molecular flexibility index (Phi) is 4.08. The van der Waals surface area contributed by atoms with Crippen LogP contribution in [0.25, 0.3) is 0 Å². The Morgan fingerprint density at radius 1 is 1.55 bits per heavy atom. The maximum absolute atomic E-state index is 4.61. The van der Waals surface area contributed by atoms with Gasteiger partial charge in [0.15, 0.2) is 0 Å². The molecule has 3 heteroatoms. The van der Waals surface area contributed by atoms with E-state index in [-0.39, 0.29) is 10.7 Å². The van der Waals surface area contributed by atoms with Crippen LogP contribution in [0, 0.1) is 5.92 Å². The molecule has 0 aromatic rings. The smallest absolute Gasteiger partial charge is 0.0476 e. The predicted molar refractivity (Wildman–Crippen MR) is 54.9 cm³/mol. The van der Waals surface area contributed by atoms with Gasteiger partial charge >= 0.3 is 0 Å². The first-order valence-corrected chi connectivity index (χ1v) is 6.92. The molecule has 0 radical (unpaired) electrons. The zero-order chi connectivity index (χ0) is 8.10. The maximum atomic E-state index is 4.61. The molecule has 1 aliphatic heterocycles. The third-order valence-corrected chi connectivity index (χ3v) is 2.88. The summed E-state index contributed by atoms with van der Waals surface area (Å²) in [6.07, 6.45) is 7.23. The molecule has 1 rings (SSSR count). The van der Waals surface area contributed by atoms with Gasteiger partial charge in [0.05, 0.1) is 0 Å². The van der Waals surface area contributed by atoms with Crippen molar-refractivity contribution in [3.8, 4) is 0 Å². The van der Waals surface area contributed by atoms with E-state index in [2.05, 4.69) is 22.2 Å². The van der Waals surface area contributed by atoms with E-state index in [1.165, 1.54) is 25.9 Å². The molecule has 1 saturated heterocycles. The van der Waals surface area contributed by atoms with Gasteiger partial charge in [-0.15, -0.1) is 0 Å². The molecule has 0 spiro atoms. The van der Waals surface area contributed by atoms with Crippen LogP contribution in [0.1, 0.15) is 12.8 Å². The summed E-state index contributed by atoms with van der Waals surface area (Å²) in [4.78, 5) is 0. The molecular formula is C8H20N2S. The topological polar surface area (TPSA) is 24.4 Å². The average Bonchev–Trinajstić information content (AvgIpc) is 2.03. The molecule has 0 bridgehead atoms. The number of piperidine rings is 1. The summed E-state index contributed by atoms with van der Waals surface area (Å²) < 4.78 is 4.61. The highest BCUT2D eigenvalue weighted by Gasteiger charge is 2.10. The van der Waals surface area contributed by atoms with E-state index in [0.29, 0.717) is 0 Å². The van der Waals surface area contributed by atoms with Crippen molar-refractivity contribution in [3.63, 3.8) is 0 Å². The normalized spacial score (nSPS) is 26.4. The molecule has 1 aliphatic rings. The fraction of sp³-hybridized carbons (Fsp3) is 1.00. The van der Waals surface area contributed by atoms with Gasteiger partial charge in [-0.1, -0.05) is 0 Å². The molecule has 0 amide bonds. The number of nitrogens with one attached hydrogen (secondary N) is 1. The van der Waals surface area contributed by atoms with Crippen molar-refractivity contribution in [2.75, 3.05) is 32.1 Å². The highest BCUT2D eigenvalue weighted by Crippen LogP contribution is 2.09. The fourth-order valence-electron chi connectivity index (χ4n) is 1.39. The molecule has 1 heterocycles. The summed E-state index contributed by atoms with van der Waals surface area (Å²) in [5, 5.41) is 3.41. The summed E-state index contributed by atoms with van der Waals surface area (Å²) in [6.45, 7) is 3.51. The quantitative estimate of drug-likeness (QED) is 0.651. The second kappa shape index (κ2) is 4.88. The second-order valence-electron chi connectivity index (χ2n) is 3.50. The van der Waals surface area contributed by atoms with Crippen molar-refractivity contribution < 1.29 is 0 Å². The molecular weight excluding hydrogens is 156 g/mol. The number of hydrogen-bond acceptors (Lipinski definition) is 2. The lowest BCUT2D eigenvalue weighted by molar-refractivity contribution is 0.387. The molecule has 68 valence electrons. The van der Waals surface area contributed by atoms with Gasteiger partial charge in [-0.2, -0.15) is 0 Å². The summed E-state index contributed by atoms with van der Waals surface area (Å²) in [5.41, 5.74) is 0. The van der Waals surface area contributed by atoms with Crippen molar-refractivity contribution >= 4 is 10.7 Å². The number of hydrogen-bond donors (Lipinski definition) is 1. The van der Waals surface area contributed by atoms with Crippen molar-refractivity contribution in [1.29, 1.82) is 0 Å². The molecule has 1 atom stereocenters. The summed E-state index contributed by atoms with van der Waals surface area (Å²) in [7, 11) is -0.336. The molecule has 1 unspecified atom stereocenters. The van der Waals surface area contributed by atoms with E-state index in [1.54, 1.807) is 0 Å². The predicted octanol–water partition coefficient (Wildman–Crippen LogP) is 0.512. The van der Waals surface area contributed by atoms with E-state index >= 15 is 0 Å². The van der Waals surface area contributed by atoms with Crippen molar-refractivity contribution in [2.24, 2.45) is 10.3 Å². The van der Waals surface area contributed by atoms with Crippen molar-refractivity contribution in [3.05, 3.63) is 0 Å². The van der Waals surface area contributed by atoms with E-state index in [4.69, 9.17) is 0 Å². The highest BCUT2D eigenvalue weighted by molar-refractivity contribution is 7.85. The van der Waals surface area contributed by atoms with Crippen molar-refractivity contribution in [2.45, 2.75) is 12.8 Å². The Balaban J connectivity index is 2.19. The monoisotopic (exact) mass is 176 g/mol. The Morgan fingerprint density at radius 3 is 2.91 bits per heavy atom. The van der Waals surface area contributed by atoms with Gasteiger partial charge in [-0.05, 0) is 44.4 Å². The van der Waals surface area contributed by atoms with Gasteiger partial charge in [-0.3, -0.25) is 4.36 Å². The van der Waals surface area contributed by atoms with Crippen molar-refractivity contribution in [1.82, 2.24) is 5.32 Å². The van der Waals surface area contributed by atoms with Crippen LogP contribution in [0.2, 0.25) is 0 Å². The third kappa shape index (κ3) is 3.87. The Hall–Kier alpha value is 0.110. The van der Waals surface area contributed by atoms with Crippen LogP contribution in [0.3, 0.4) is 0 Å². The molecule has 0 aliphatic carbocycles. The summed E-state index contributed by atoms with van der Waals surface area (Å²) >= 11 is 0. The Morgan fingerprint density at radius 2 is 2.36 bits per heavy atom. The minimum Gasteiger partial charge on any atom is -0.316 e. The first-order chi connectivity index (χ1) is 5.29. The molecule has 1 fully saturated rings. The van der Waals surface area contributed by atoms with Gasteiger partial charge in [0, 0.05) is 6.54 Å². The van der Waals surface area contributed by atoms with Gasteiger partial charge in [0.2, 0.25) is 0 Å². The SMILES string of the molecule is C[SH2](C)=NCC1CCCNC1. The second-order valence-corrected chi connectivity index (χ2v) is 5.71. The van der Waals surface area contributed by atoms with E-state index < -0.39 is 0 Å². The van der Waals surface area contributed by atoms with Gasteiger partial charge < -0.3 is 5.32 Å². The van der Waals surface area contributed by atoms with Crippen LogP contribution >= 0.6 is 0 Å². The zero-order valence-electron chi connectivity index (χ0n) is 7.56. The lowest BCUT2D eigenvalue weighted by Crippen LogP contribution is -2.31. The molecule has 0 saturated carbocycles. The zero-order valence-corrected chi connectivity index (χ0v) is 8.56. The molecule has 1 N–H and O–H groups in total. The molecule has 2 nitrogen and oxygen atoms in total. The molecule has 11 heavy (non-hydrogen) atoms. The van der Waals surface area contributed by atoms with Crippen LogP contribution in [0.4, 0.5) is 0 Å². The van der Waals surface area contributed by atoms with Gasteiger partial charge in [-0.25, -0.2) is 10.7 Å². The first-order valence-electron chi connectivity index (χ1n) is 4.47. The summed E-state index contributed by atoms with van der Waals surface area (Å²) in [6, 6.07) is 0. The van der Waals surface area contributed by atoms with E-state index in [9.17, 15) is 0 Å². The maximum Gasteiger partial charge on any atom is 0.0476 e. The third-order valence-electron chi connectivity index (χ3n) is 2.06. The van der Waals surface area contributed by atoms with Crippen LogP contribution in [-0.4, -0.2) is 32.1 Å². The van der Waals surface area contributed by atoms with Gasteiger partial charge in [0.25, 0.3) is 0 Å². The Labute approximate surface area is 71.9 Å². The average molecular weight is 176 g/mol. The lowest BCUT2D eigenvalue weighted by Gasteiger charge is -2.21. The van der Waals surface area contributed by atoms with E-state index in [0.717, 1.165) is 12.5 Å². The number of nitrogens with zero attached hydrogens (tertiary/aromatic N) is 1. The summed E-state index contributed by atoms with van der Waals surface area (Å²) in [5.74, 6) is 0.837. The van der Waals surface area contributed by atoms with Gasteiger partial charge in [0.1, 0.15) is 0 Å². The van der Waals surface area contributed by atoms with Crippen LogP contribution in [0.5, 0.6) is 0 Å². The molecule has 0 aromatic heterocycles. The number of rotatable bonds is 2. The van der Waals surface area contributed by atoms with E-state index in [1.807, 2.05) is 0 Å². The standard InChI is InChI=1S/C8H20N2S/c1-11(2)10-7-8-4-3-5-9-6-8/h8-9H,3-7,11H2,1-2H3. The fourth-order valence-corrected chi connectivity index (χ4v) is 2.01. The van der Waals surface area contributed by atoms with Crippen LogP contribution in [-0.2, 0) is 10.7 Å². The van der Waals surface area contributed by atoms with Crippen LogP contribution < -0.4 is 5.32 Å². The molecule has 0 aromatic carbocycles. The minimum atomic E-state index is -0.336. The minimum absolute atomic E-state index is 0.336. The Bertz CT molecular complexity index is 135. The highest BCUT2D eigenvalue weighted by atomic mass is 32.2. The lowest BCUT2D eigenvalue weighted by atomic mass is 10.0. The largest absolute Gasteiger partial charge is 0.316 e.